The Hall–Kier alpha value is -5.52. The summed E-state index contributed by atoms with van der Waals surface area (Å²) in [5.41, 5.74) is 3.22. The molecule has 1 aliphatic carbocycles. The summed E-state index contributed by atoms with van der Waals surface area (Å²) in [5, 5.41) is 10.3. The first kappa shape index (κ1) is 40.2. The van der Waals surface area contributed by atoms with Crippen LogP contribution in [0.25, 0.3) is 0 Å². The van der Waals surface area contributed by atoms with Crippen molar-refractivity contribution in [2.75, 3.05) is 24.2 Å². The van der Waals surface area contributed by atoms with Crippen LogP contribution in [-0.4, -0.2) is 66.3 Å². The topological polar surface area (TPSA) is 178 Å². The number of anilines is 1. The van der Waals surface area contributed by atoms with Gasteiger partial charge in [0.25, 0.3) is 5.91 Å². The van der Waals surface area contributed by atoms with Gasteiger partial charge in [-0.15, -0.1) is 0 Å². The molecule has 1 unspecified atom stereocenters. The number of benzene rings is 3. The van der Waals surface area contributed by atoms with E-state index in [0.717, 1.165) is 22.9 Å². The average Bonchev–Trinajstić information content (AvgIpc) is 3.51. The molecule has 2 aliphatic rings. The van der Waals surface area contributed by atoms with Crippen molar-refractivity contribution in [2.24, 2.45) is 0 Å². The Morgan fingerprint density at radius 2 is 1.66 bits per heavy atom. The Morgan fingerprint density at radius 1 is 0.929 bits per heavy atom. The first-order valence-corrected chi connectivity index (χ1v) is 20.5. The molecule has 0 spiro atoms. The van der Waals surface area contributed by atoms with E-state index in [-0.39, 0.29) is 66.1 Å². The zero-order valence-corrected chi connectivity index (χ0v) is 32.9. The van der Waals surface area contributed by atoms with Crippen LogP contribution in [0.1, 0.15) is 90.7 Å². The van der Waals surface area contributed by atoms with Gasteiger partial charge in [0.15, 0.2) is 11.5 Å². The molecular formula is C41H42ClN5O8S. The summed E-state index contributed by atoms with van der Waals surface area (Å²) < 4.78 is 43.0. The van der Waals surface area contributed by atoms with Crippen LogP contribution in [-0.2, 0) is 38.2 Å². The lowest BCUT2D eigenvalue weighted by Gasteiger charge is -2.27. The van der Waals surface area contributed by atoms with Crippen LogP contribution in [0.4, 0.5) is 5.95 Å². The number of nitriles is 1. The van der Waals surface area contributed by atoms with E-state index < -0.39 is 21.5 Å². The van der Waals surface area contributed by atoms with Gasteiger partial charge < -0.3 is 19.1 Å². The molecule has 0 saturated heterocycles. The van der Waals surface area contributed by atoms with Crippen LogP contribution in [0.2, 0.25) is 5.02 Å². The summed E-state index contributed by atoms with van der Waals surface area (Å²) in [5.74, 6) is 1.23. The maximum absolute atomic E-state index is 13.3. The zero-order chi connectivity index (χ0) is 40.0. The number of fused-ring (bicyclic) bond motifs is 1. The average molecular weight is 800 g/mol. The molecule has 15 heteroatoms. The van der Waals surface area contributed by atoms with Crippen molar-refractivity contribution < 1.29 is 37.0 Å². The zero-order valence-electron chi connectivity index (χ0n) is 31.3. The van der Waals surface area contributed by atoms with Crippen LogP contribution < -0.4 is 18.9 Å². The van der Waals surface area contributed by atoms with Gasteiger partial charge in [-0.05, 0) is 84.5 Å². The molecule has 13 nitrogen and oxygen atoms in total. The maximum atomic E-state index is 13.3. The van der Waals surface area contributed by atoms with Crippen molar-refractivity contribution >= 4 is 45.0 Å². The van der Waals surface area contributed by atoms with E-state index in [9.17, 15) is 28.1 Å². The Balaban J connectivity index is 1.04. The molecule has 1 fully saturated rings. The summed E-state index contributed by atoms with van der Waals surface area (Å²) >= 11 is 6.71. The van der Waals surface area contributed by atoms with Crippen molar-refractivity contribution in [1.82, 2.24) is 14.9 Å². The molecule has 0 bridgehead atoms. The highest BCUT2D eigenvalue weighted by Gasteiger charge is 2.36. The van der Waals surface area contributed by atoms with Gasteiger partial charge in [0, 0.05) is 43.0 Å². The van der Waals surface area contributed by atoms with Crippen LogP contribution >= 0.6 is 11.6 Å². The molecule has 1 atom stereocenters. The van der Waals surface area contributed by atoms with Crippen LogP contribution in [0.15, 0.2) is 66.9 Å². The van der Waals surface area contributed by atoms with Crippen LogP contribution in [0.3, 0.4) is 0 Å². The fraction of sp³-hybridized carbons (Fsp3) is 0.366. The Kier molecular flexibility index (Phi) is 12.3. The number of rotatable bonds is 13. The summed E-state index contributed by atoms with van der Waals surface area (Å²) in [6.07, 6.45) is 5.29. The lowest BCUT2D eigenvalue weighted by atomic mass is 9.77. The van der Waals surface area contributed by atoms with E-state index in [4.69, 9.17) is 25.8 Å². The second-order valence-corrected chi connectivity index (χ2v) is 16.5. The summed E-state index contributed by atoms with van der Waals surface area (Å²) in [6, 6.07) is 19.4. The quantitative estimate of drug-likeness (QED) is 0.145. The lowest BCUT2D eigenvalue weighted by molar-refractivity contribution is -0.124. The third-order valence-electron chi connectivity index (χ3n) is 9.92. The van der Waals surface area contributed by atoms with Crippen molar-refractivity contribution in [3.05, 3.63) is 105 Å². The maximum Gasteiger partial charge on any atom is 0.255 e. The predicted molar refractivity (Wildman–Crippen MR) is 208 cm³/mol. The number of ketones is 2. The first-order valence-electron chi connectivity index (χ1n) is 18.2. The van der Waals surface area contributed by atoms with E-state index in [2.05, 4.69) is 20.8 Å². The number of halogens is 1. The van der Waals surface area contributed by atoms with Gasteiger partial charge >= 0.3 is 0 Å². The van der Waals surface area contributed by atoms with Gasteiger partial charge in [0.1, 0.15) is 43.2 Å². The third-order valence-corrected chi connectivity index (χ3v) is 10.8. The van der Waals surface area contributed by atoms with E-state index in [1.807, 2.05) is 38.1 Å². The number of Topliss-reactive ketones (excluding diaryl/α,β-unsaturated/α-hetero) is 2. The fourth-order valence-electron chi connectivity index (χ4n) is 6.83. The first-order chi connectivity index (χ1) is 26.7. The van der Waals surface area contributed by atoms with Gasteiger partial charge in [-0.25, -0.2) is 18.4 Å². The lowest BCUT2D eigenvalue weighted by Crippen LogP contribution is -2.41. The molecule has 0 radical (unpaired) electrons. The summed E-state index contributed by atoms with van der Waals surface area (Å²) in [4.78, 5) is 48.1. The number of nitrogens with zero attached hydrogens (tertiary/aromatic N) is 4. The number of amides is 1. The normalized spacial score (nSPS) is 16.3. The molecule has 1 N–H and O–H groups in total. The minimum absolute atomic E-state index is 0.00196. The Bertz CT molecular complexity index is 2290. The highest BCUT2D eigenvalue weighted by molar-refractivity contribution is 7.92. The van der Waals surface area contributed by atoms with Gasteiger partial charge in [-0.1, -0.05) is 37.6 Å². The molecule has 1 aliphatic heterocycles. The molecule has 1 saturated carbocycles. The molecule has 3 aromatic carbocycles. The minimum atomic E-state index is -3.51. The molecule has 2 heterocycles. The number of carbonyl (C=O) groups is 3. The molecule has 6 rings (SSSR count). The number of carbonyl (C=O) groups excluding carboxylic acids is 3. The highest BCUT2D eigenvalue weighted by atomic mass is 35.5. The molecule has 56 heavy (non-hydrogen) atoms. The second kappa shape index (κ2) is 17.1. The van der Waals surface area contributed by atoms with Gasteiger partial charge in [-0.2, -0.15) is 5.26 Å². The third kappa shape index (κ3) is 9.64. The molecule has 1 aromatic heterocycles. The number of hydrogen-bond acceptors (Lipinski definition) is 11. The predicted octanol–water partition coefficient (Wildman–Crippen LogP) is 6.55. The van der Waals surface area contributed by atoms with Crippen LogP contribution in [0, 0.1) is 11.3 Å². The van der Waals surface area contributed by atoms with Crippen molar-refractivity contribution in [2.45, 2.75) is 77.0 Å². The molecular weight excluding hydrogens is 758 g/mol. The Morgan fingerprint density at radius 3 is 2.41 bits per heavy atom. The number of hydrogen-bond donors (Lipinski definition) is 1. The van der Waals surface area contributed by atoms with Gasteiger partial charge in [0.2, 0.25) is 16.0 Å². The van der Waals surface area contributed by atoms with E-state index in [0.29, 0.717) is 61.3 Å². The number of ether oxygens (including phenoxy) is 3. The highest BCUT2D eigenvalue weighted by Crippen LogP contribution is 2.39. The smallest absolute Gasteiger partial charge is 0.255 e. The Labute approximate surface area is 331 Å². The molecule has 292 valence electrons. The van der Waals surface area contributed by atoms with Crippen molar-refractivity contribution in [3.63, 3.8) is 0 Å². The number of sulfonamides is 1. The largest absolute Gasteiger partial charge is 0.490 e. The monoisotopic (exact) mass is 799 g/mol. The van der Waals surface area contributed by atoms with E-state index in [1.54, 1.807) is 41.3 Å². The fourth-order valence-corrected chi connectivity index (χ4v) is 7.54. The minimum Gasteiger partial charge on any atom is -0.490 e. The molecule has 1 amide bonds. The number of nitrogens with one attached hydrogen (secondary N) is 1. The van der Waals surface area contributed by atoms with Gasteiger partial charge in [-0.3, -0.25) is 19.1 Å². The van der Waals surface area contributed by atoms with E-state index >= 15 is 0 Å². The number of aromatic nitrogens is 2. The summed E-state index contributed by atoms with van der Waals surface area (Å²) in [6.45, 7) is 4.63. The SMILES string of the molecule is CC(C)(c1ccc(OCc2ccnc(NS(C)(=O)=O)n2)cc1)c1cc(Cl)c(OCCOc2ccc3c(c2)CN(C2CCC(=O)CCCCC2=O)C3=O)c(C#N)c1. The second-order valence-electron chi connectivity index (χ2n) is 14.3. The summed E-state index contributed by atoms with van der Waals surface area (Å²) in [7, 11) is -3.51. The van der Waals surface area contributed by atoms with Gasteiger partial charge in [0.05, 0.1) is 28.6 Å². The standard InChI is InChI=1S/C41H42ClN5O8S/c1-41(2,28-8-11-32(12-9-28)55-25-30-16-17-44-40(45-30)46-56(3,51)52)29-20-26(23-43)38(35(42)22-29)54-19-18-53-33-13-14-34-27(21-33)24-47(39(34)50)36-15-10-31(48)6-4-5-7-37(36)49/h8-9,11-14,16-17,20-22,36H,4-7,10,15,18-19,24-25H2,1-3H3,(H,44,45,46). The van der Waals surface area contributed by atoms with E-state index in [1.165, 1.54) is 6.20 Å². The molecule has 4 aromatic rings. The van der Waals surface area contributed by atoms with Crippen molar-refractivity contribution in [3.8, 4) is 23.3 Å². The van der Waals surface area contributed by atoms with Crippen molar-refractivity contribution in [1.29, 1.82) is 5.26 Å². The van der Waals surface area contributed by atoms with Crippen LogP contribution in [0.5, 0.6) is 17.2 Å².